The Bertz CT molecular complexity index is 2000. The van der Waals surface area contributed by atoms with Gasteiger partial charge in [-0.25, -0.2) is 0 Å². The van der Waals surface area contributed by atoms with E-state index in [1.807, 2.05) is 115 Å². The summed E-state index contributed by atoms with van der Waals surface area (Å²) in [5.41, 5.74) is 0.102. The van der Waals surface area contributed by atoms with Crippen molar-refractivity contribution in [3.63, 3.8) is 0 Å². The number of aromatic nitrogens is 2. The Morgan fingerprint density at radius 3 is 1.92 bits per heavy atom. The standard InChI is InChI=1S/C36H34N2O8SSe/c1-43-28-20-18-27(19-21-28)36(25-12-6-3-7-13-25,26-14-8-4-9-15-26)44-24-30-33(48-29-16-10-5-11-17-29)32(46-47(2,41)42)34(45-30)38-23-22-31(39)37-35(38)40/h3-23,30,32-34H,24H2,1-2H3,(H,37,39,40)/t30-,32+,33-,34-/m1/s1. The average molecular weight is 734 g/mol. The van der Waals surface area contributed by atoms with Gasteiger partial charge in [-0.2, -0.15) is 0 Å². The van der Waals surface area contributed by atoms with Gasteiger partial charge in [0.15, 0.2) is 0 Å². The molecule has 0 spiro atoms. The number of H-pyrrole nitrogens is 1. The van der Waals surface area contributed by atoms with Crippen LogP contribution in [0.3, 0.4) is 0 Å². The van der Waals surface area contributed by atoms with Crippen LogP contribution in [0.2, 0.25) is 4.82 Å². The van der Waals surface area contributed by atoms with Crippen molar-refractivity contribution in [2.45, 2.75) is 28.9 Å². The molecule has 1 aromatic heterocycles. The topological polar surface area (TPSA) is 126 Å². The SMILES string of the molecule is COc1ccc(C(OC[C@H]2O[C@@H](n3ccc(=O)[nH]c3=O)[C@@H](OS(C)(=O)=O)[C@@H]2[Se]c2ccccc2)(c2ccccc2)c2ccccc2)cc1. The van der Waals surface area contributed by atoms with Crippen LogP contribution in [0.25, 0.3) is 0 Å². The zero-order valence-corrected chi connectivity index (χ0v) is 28.7. The molecule has 10 nitrogen and oxygen atoms in total. The molecular weight excluding hydrogens is 699 g/mol. The van der Waals surface area contributed by atoms with Gasteiger partial charge in [-0.3, -0.25) is 0 Å². The number of methoxy groups -OCH3 is 1. The van der Waals surface area contributed by atoms with Crippen molar-refractivity contribution in [3.05, 3.63) is 165 Å². The summed E-state index contributed by atoms with van der Waals surface area (Å²) in [4.78, 5) is 26.7. The Labute approximate surface area is 284 Å². The third kappa shape index (κ3) is 7.24. The molecule has 4 atom stereocenters. The number of nitrogens with one attached hydrogen (secondary N) is 1. The van der Waals surface area contributed by atoms with E-state index in [2.05, 4.69) is 4.98 Å². The first-order valence-electron chi connectivity index (χ1n) is 15.1. The van der Waals surface area contributed by atoms with E-state index in [0.717, 1.165) is 32.0 Å². The van der Waals surface area contributed by atoms with E-state index < -0.39 is 65.2 Å². The second-order valence-electron chi connectivity index (χ2n) is 11.2. The predicted octanol–water partition coefficient (Wildman–Crippen LogP) is 3.61. The van der Waals surface area contributed by atoms with Gasteiger partial charge in [-0.1, -0.05) is 0 Å². The number of hydrogen-bond donors (Lipinski definition) is 1. The summed E-state index contributed by atoms with van der Waals surface area (Å²) >= 11 is -0.395. The van der Waals surface area contributed by atoms with Crippen molar-refractivity contribution >= 4 is 29.5 Å². The summed E-state index contributed by atoms with van der Waals surface area (Å²) in [5, 5.41) is 0. The van der Waals surface area contributed by atoms with Gasteiger partial charge in [0.2, 0.25) is 0 Å². The maximum absolute atomic E-state index is 13.0. The van der Waals surface area contributed by atoms with E-state index in [1.54, 1.807) is 7.11 Å². The van der Waals surface area contributed by atoms with Crippen molar-refractivity contribution in [3.8, 4) is 5.75 Å². The van der Waals surface area contributed by atoms with E-state index in [9.17, 15) is 18.0 Å². The van der Waals surface area contributed by atoms with Crippen LogP contribution in [-0.2, 0) is 29.4 Å². The first-order valence-corrected chi connectivity index (χ1v) is 18.8. The normalized spacial score (nSPS) is 19.6. The fourth-order valence-electron chi connectivity index (χ4n) is 5.93. The van der Waals surface area contributed by atoms with Gasteiger partial charge in [0, 0.05) is 0 Å². The van der Waals surface area contributed by atoms with Gasteiger partial charge >= 0.3 is 286 Å². The zero-order valence-electron chi connectivity index (χ0n) is 26.2. The molecule has 248 valence electrons. The van der Waals surface area contributed by atoms with Crippen molar-refractivity contribution in [2.75, 3.05) is 20.0 Å². The Morgan fingerprint density at radius 1 is 0.812 bits per heavy atom. The molecule has 0 saturated carbocycles. The van der Waals surface area contributed by atoms with Crippen molar-refractivity contribution < 1.29 is 26.8 Å². The summed E-state index contributed by atoms with van der Waals surface area (Å²) in [6.45, 7) is -0.00665. The minimum atomic E-state index is -4.01. The third-order valence-electron chi connectivity index (χ3n) is 8.03. The molecule has 5 aromatic rings. The van der Waals surface area contributed by atoms with Gasteiger partial charge in [0.05, 0.1) is 0 Å². The zero-order chi connectivity index (χ0) is 33.7. The summed E-state index contributed by atoms with van der Waals surface area (Å²) in [6.07, 6.45) is -0.741. The summed E-state index contributed by atoms with van der Waals surface area (Å²) < 4.78 is 52.4. The Morgan fingerprint density at radius 2 is 1.38 bits per heavy atom. The van der Waals surface area contributed by atoms with Crippen molar-refractivity contribution in [2.24, 2.45) is 0 Å². The first-order chi connectivity index (χ1) is 23.2. The molecule has 48 heavy (non-hydrogen) atoms. The Balaban J connectivity index is 1.48. The molecule has 4 aromatic carbocycles. The molecule has 6 rings (SSSR count). The molecule has 1 aliphatic heterocycles. The quantitative estimate of drug-likeness (QED) is 0.117. The van der Waals surface area contributed by atoms with Crippen LogP contribution in [0.4, 0.5) is 0 Å². The van der Waals surface area contributed by atoms with Gasteiger partial charge < -0.3 is 0 Å². The molecular formula is C36H34N2O8SSe. The Hall–Kier alpha value is -4.29. The maximum atomic E-state index is 13.0. The second-order valence-corrected chi connectivity index (χ2v) is 15.4. The minimum absolute atomic E-state index is 0.00665. The Kier molecular flexibility index (Phi) is 10.1. The number of nitrogens with zero attached hydrogens (tertiary/aromatic N) is 1. The number of benzene rings is 4. The van der Waals surface area contributed by atoms with Gasteiger partial charge in [-0.05, 0) is 0 Å². The van der Waals surface area contributed by atoms with Gasteiger partial charge in [0.25, 0.3) is 0 Å². The van der Waals surface area contributed by atoms with Crippen LogP contribution < -0.4 is 20.4 Å². The molecule has 0 unspecified atom stereocenters. The third-order valence-corrected chi connectivity index (χ3v) is 11.5. The van der Waals surface area contributed by atoms with Crippen LogP contribution in [0.5, 0.6) is 5.75 Å². The average Bonchev–Trinajstić information content (AvgIpc) is 3.41. The van der Waals surface area contributed by atoms with Crippen LogP contribution in [0, 0.1) is 0 Å². The second kappa shape index (κ2) is 14.4. The molecule has 1 fully saturated rings. The summed E-state index contributed by atoms with van der Waals surface area (Å²) in [6, 6.07) is 38.1. The predicted molar refractivity (Wildman–Crippen MR) is 182 cm³/mol. The monoisotopic (exact) mass is 734 g/mol. The number of aromatic amines is 1. The molecule has 1 saturated heterocycles. The first kappa shape index (κ1) is 33.6. The van der Waals surface area contributed by atoms with E-state index in [0.29, 0.717) is 5.75 Å². The molecule has 0 bridgehead atoms. The molecule has 2 heterocycles. The number of hydrogen-bond acceptors (Lipinski definition) is 8. The molecule has 1 aliphatic rings. The molecule has 12 heteroatoms. The van der Waals surface area contributed by atoms with Crippen LogP contribution in [0.15, 0.2) is 137 Å². The molecule has 0 radical (unpaired) electrons. The molecule has 1 N–H and O–H groups in total. The van der Waals surface area contributed by atoms with E-state index in [-0.39, 0.29) is 6.61 Å². The molecule has 0 aliphatic carbocycles. The van der Waals surface area contributed by atoms with Crippen molar-refractivity contribution in [1.29, 1.82) is 0 Å². The summed E-state index contributed by atoms with van der Waals surface area (Å²) in [5.74, 6) is 0.688. The van der Waals surface area contributed by atoms with E-state index in [4.69, 9.17) is 18.4 Å². The number of ether oxygens (including phenoxy) is 3. The van der Waals surface area contributed by atoms with E-state index in [1.165, 1.54) is 12.3 Å². The van der Waals surface area contributed by atoms with Crippen LogP contribution >= 0.6 is 0 Å². The van der Waals surface area contributed by atoms with Gasteiger partial charge in [0.1, 0.15) is 0 Å². The molecule has 0 amide bonds. The van der Waals surface area contributed by atoms with E-state index >= 15 is 0 Å². The fraction of sp³-hybridized carbons (Fsp3) is 0.222. The van der Waals surface area contributed by atoms with Crippen LogP contribution in [-0.4, -0.2) is 65.1 Å². The van der Waals surface area contributed by atoms with Gasteiger partial charge in [-0.15, -0.1) is 0 Å². The van der Waals surface area contributed by atoms with Crippen LogP contribution in [0.1, 0.15) is 22.9 Å². The number of rotatable bonds is 12. The fourth-order valence-corrected chi connectivity index (χ4v) is 9.32. The summed E-state index contributed by atoms with van der Waals surface area (Å²) in [7, 11) is -2.40. The van der Waals surface area contributed by atoms with Crippen molar-refractivity contribution in [1.82, 2.24) is 9.55 Å².